The highest BCUT2D eigenvalue weighted by atomic mass is 16.4. The summed E-state index contributed by atoms with van der Waals surface area (Å²) in [5, 5.41) is 12.3. The maximum absolute atomic E-state index is 12.4. The molecular weight excluding hydrogens is 268 g/mol. The van der Waals surface area contributed by atoms with Crippen molar-refractivity contribution in [1.29, 1.82) is 0 Å². The first kappa shape index (κ1) is 14.8. The maximum atomic E-state index is 12.4. The van der Waals surface area contributed by atoms with E-state index < -0.39 is 5.97 Å². The van der Waals surface area contributed by atoms with Crippen LogP contribution >= 0.6 is 0 Å². The molecule has 0 aromatic carbocycles. The van der Waals surface area contributed by atoms with Gasteiger partial charge in [0.1, 0.15) is 0 Å². The number of carboxylic acid groups (broad SMARTS) is 1. The molecule has 3 aliphatic rings. The summed E-state index contributed by atoms with van der Waals surface area (Å²) in [5.41, 5.74) is 0. The summed E-state index contributed by atoms with van der Waals surface area (Å²) in [6.07, 6.45) is 7.58. The number of fused-ring (bicyclic) bond motifs is 1. The average Bonchev–Trinajstić information content (AvgIpc) is 2.91. The summed E-state index contributed by atoms with van der Waals surface area (Å²) >= 11 is 0. The van der Waals surface area contributed by atoms with Crippen molar-refractivity contribution in [2.45, 2.75) is 63.5 Å². The van der Waals surface area contributed by atoms with Crippen molar-refractivity contribution in [1.82, 2.24) is 10.2 Å². The zero-order chi connectivity index (χ0) is 14.8. The van der Waals surface area contributed by atoms with Crippen LogP contribution < -0.4 is 5.32 Å². The number of hydrogen-bond acceptors (Lipinski definition) is 3. The van der Waals surface area contributed by atoms with E-state index in [1.54, 1.807) is 0 Å². The summed E-state index contributed by atoms with van der Waals surface area (Å²) in [4.78, 5) is 25.9. The number of nitrogens with one attached hydrogen (secondary N) is 1. The first-order valence-corrected chi connectivity index (χ1v) is 8.42. The van der Waals surface area contributed by atoms with Crippen molar-refractivity contribution >= 4 is 11.9 Å². The number of carbonyl (C=O) groups excluding carboxylic acids is 1. The molecule has 5 heteroatoms. The zero-order valence-corrected chi connectivity index (χ0v) is 12.6. The van der Waals surface area contributed by atoms with Crippen molar-refractivity contribution in [3.8, 4) is 0 Å². The van der Waals surface area contributed by atoms with Crippen LogP contribution in [0.25, 0.3) is 0 Å². The Bertz CT molecular complexity index is 404. The highest BCUT2D eigenvalue weighted by Crippen LogP contribution is 2.31. The molecule has 1 amide bonds. The van der Waals surface area contributed by atoms with Crippen LogP contribution in [0, 0.1) is 11.8 Å². The minimum atomic E-state index is -0.706. The summed E-state index contributed by atoms with van der Waals surface area (Å²) in [5.74, 6) is -0.758. The molecule has 2 unspecified atom stereocenters. The lowest BCUT2D eigenvalue weighted by atomic mass is 9.81. The van der Waals surface area contributed by atoms with Crippen LogP contribution in [0.4, 0.5) is 0 Å². The van der Waals surface area contributed by atoms with Crippen LogP contribution in [0.2, 0.25) is 0 Å². The van der Waals surface area contributed by atoms with Crippen molar-refractivity contribution in [2.24, 2.45) is 11.8 Å². The molecule has 2 saturated heterocycles. The fraction of sp³-hybridized carbons (Fsp3) is 0.875. The molecule has 1 aliphatic carbocycles. The third-order valence-electron chi connectivity index (χ3n) is 5.63. The number of hydrogen-bond donors (Lipinski definition) is 2. The number of amides is 1. The van der Waals surface area contributed by atoms with Crippen LogP contribution in [0.15, 0.2) is 0 Å². The van der Waals surface area contributed by atoms with E-state index >= 15 is 0 Å². The first-order chi connectivity index (χ1) is 10.1. The van der Waals surface area contributed by atoms with Gasteiger partial charge in [-0.05, 0) is 51.5 Å². The lowest BCUT2D eigenvalue weighted by molar-refractivity contribution is -0.144. The molecule has 3 fully saturated rings. The Kier molecular flexibility index (Phi) is 4.48. The molecule has 5 nitrogen and oxygen atoms in total. The van der Waals surface area contributed by atoms with E-state index in [0.717, 1.165) is 25.8 Å². The Morgan fingerprint density at radius 2 is 1.62 bits per heavy atom. The topological polar surface area (TPSA) is 69.6 Å². The van der Waals surface area contributed by atoms with Gasteiger partial charge >= 0.3 is 5.97 Å². The van der Waals surface area contributed by atoms with E-state index in [1.807, 2.05) is 0 Å². The smallest absolute Gasteiger partial charge is 0.306 e. The summed E-state index contributed by atoms with van der Waals surface area (Å²) < 4.78 is 0. The van der Waals surface area contributed by atoms with Gasteiger partial charge in [-0.3, -0.25) is 14.5 Å². The number of piperidine rings is 1. The molecule has 0 aromatic heterocycles. The van der Waals surface area contributed by atoms with Crippen molar-refractivity contribution in [3.63, 3.8) is 0 Å². The highest BCUT2D eigenvalue weighted by Gasteiger charge is 2.38. The van der Waals surface area contributed by atoms with Crippen LogP contribution in [-0.2, 0) is 9.59 Å². The van der Waals surface area contributed by atoms with E-state index in [9.17, 15) is 9.59 Å². The van der Waals surface area contributed by atoms with Crippen LogP contribution in [0.1, 0.15) is 51.4 Å². The van der Waals surface area contributed by atoms with Gasteiger partial charge in [0.2, 0.25) is 5.91 Å². The molecule has 2 atom stereocenters. The fourth-order valence-electron chi connectivity index (χ4n) is 4.32. The van der Waals surface area contributed by atoms with Gasteiger partial charge in [-0.1, -0.05) is 6.42 Å². The standard InChI is InChI=1S/C16H26N2O3/c19-15(11-4-6-12(7-5-11)16(20)21)17-13-8-10-18-9-2-1-3-14(13)18/h11-14H,1-10H2,(H,17,19)(H,20,21). The fourth-order valence-corrected chi connectivity index (χ4v) is 4.32. The molecule has 0 aromatic rings. The Hall–Kier alpha value is -1.10. The molecule has 21 heavy (non-hydrogen) atoms. The number of aliphatic carboxylic acids is 1. The largest absolute Gasteiger partial charge is 0.481 e. The van der Waals surface area contributed by atoms with E-state index in [1.165, 1.54) is 25.8 Å². The predicted molar refractivity (Wildman–Crippen MR) is 78.8 cm³/mol. The van der Waals surface area contributed by atoms with Gasteiger partial charge < -0.3 is 10.4 Å². The third kappa shape index (κ3) is 3.23. The van der Waals surface area contributed by atoms with Gasteiger partial charge in [-0.25, -0.2) is 0 Å². The van der Waals surface area contributed by atoms with Gasteiger partial charge in [-0.2, -0.15) is 0 Å². The molecule has 0 spiro atoms. The molecule has 2 N–H and O–H groups in total. The Morgan fingerprint density at radius 1 is 0.905 bits per heavy atom. The lowest BCUT2D eigenvalue weighted by Gasteiger charge is -2.33. The number of nitrogens with zero attached hydrogens (tertiary/aromatic N) is 1. The van der Waals surface area contributed by atoms with Crippen LogP contribution in [0.5, 0.6) is 0 Å². The van der Waals surface area contributed by atoms with E-state index in [4.69, 9.17) is 5.11 Å². The molecule has 2 heterocycles. The number of carboxylic acids is 1. The molecular formula is C16H26N2O3. The van der Waals surface area contributed by atoms with Gasteiger partial charge in [0, 0.05) is 24.5 Å². The van der Waals surface area contributed by atoms with E-state index in [-0.39, 0.29) is 17.7 Å². The van der Waals surface area contributed by atoms with Crippen molar-refractivity contribution in [3.05, 3.63) is 0 Å². The predicted octanol–water partition coefficient (Wildman–Crippen LogP) is 1.62. The zero-order valence-electron chi connectivity index (χ0n) is 12.6. The first-order valence-electron chi connectivity index (χ1n) is 8.42. The van der Waals surface area contributed by atoms with Crippen molar-refractivity contribution < 1.29 is 14.7 Å². The molecule has 3 rings (SSSR count). The number of carbonyl (C=O) groups is 2. The minimum Gasteiger partial charge on any atom is -0.481 e. The second-order valence-electron chi connectivity index (χ2n) is 6.89. The normalized spacial score (nSPS) is 37.0. The Morgan fingerprint density at radius 3 is 2.33 bits per heavy atom. The highest BCUT2D eigenvalue weighted by molar-refractivity contribution is 5.79. The molecule has 2 aliphatic heterocycles. The van der Waals surface area contributed by atoms with E-state index in [2.05, 4.69) is 10.2 Å². The summed E-state index contributed by atoms with van der Waals surface area (Å²) in [6.45, 7) is 2.29. The second kappa shape index (κ2) is 6.34. The number of rotatable bonds is 3. The van der Waals surface area contributed by atoms with Crippen LogP contribution in [0.3, 0.4) is 0 Å². The van der Waals surface area contributed by atoms with Crippen molar-refractivity contribution in [2.75, 3.05) is 13.1 Å². The molecule has 0 radical (unpaired) electrons. The summed E-state index contributed by atoms with van der Waals surface area (Å²) in [6, 6.07) is 0.855. The Balaban J connectivity index is 1.49. The maximum Gasteiger partial charge on any atom is 0.306 e. The van der Waals surface area contributed by atoms with Gasteiger partial charge in [0.25, 0.3) is 0 Å². The lowest BCUT2D eigenvalue weighted by Crippen LogP contribution is -2.48. The minimum absolute atomic E-state index is 0.0261. The monoisotopic (exact) mass is 294 g/mol. The molecule has 0 bridgehead atoms. The van der Waals surface area contributed by atoms with Gasteiger partial charge in [0.05, 0.1) is 5.92 Å². The third-order valence-corrected chi connectivity index (χ3v) is 5.63. The summed E-state index contributed by atoms with van der Waals surface area (Å²) in [7, 11) is 0. The molecule has 1 saturated carbocycles. The second-order valence-corrected chi connectivity index (χ2v) is 6.89. The van der Waals surface area contributed by atoms with Gasteiger partial charge in [-0.15, -0.1) is 0 Å². The van der Waals surface area contributed by atoms with E-state index in [0.29, 0.717) is 24.9 Å². The SMILES string of the molecule is O=C(O)C1CCC(C(=O)NC2CCN3CCCCC23)CC1. The van der Waals surface area contributed by atoms with Crippen LogP contribution in [-0.4, -0.2) is 47.1 Å². The quantitative estimate of drug-likeness (QED) is 0.830. The van der Waals surface area contributed by atoms with Gasteiger partial charge in [0.15, 0.2) is 0 Å². The average molecular weight is 294 g/mol. The molecule has 118 valence electrons. The Labute approximate surface area is 126 Å².